The zero-order valence-electron chi connectivity index (χ0n) is 10.8. The molecule has 0 aromatic heterocycles. The van der Waals surface area contributed by atoms with Crippen LogP contribution in [-0.4, -0.2) is 35.5 Å². The van der Waals surface area contributed by atoms with Gasteiger partial charge < -0.3 is 19.7 Å². The van der Waals surface area contributed by atoms with Gasteiger partial charge in [-0.1, -0.05) is 0 Å². The molecule has 0 aliphatic carbocycles. The van der Waals surface area contributed by atoms with Gasteiger partial charge in [0.2, 0.25) is 0 Å². The lowest BCUT2D eigenvalue weighted by atomic mass is 10.0. The van der Waals surface area contributed by atoms with Gasteiger partial charge in [-0.25, -0.2) is 9.18 Å². The van der Waals surface area contributed by atoms with Gasteiger partial charge in [0, 0.05) is 11.6 Å². The Morgan fingerprint density at radius 2 is 2.00 bits per heavy atom. The normalized spacial score (nSPS) is 13.7. The summed E-state index contributed by atoms with van der Waals surface area (Å²) in [5.74, 6) is -1.45. The molecule has 0 radical (unpaired) electrons. The van der Waals surface area contributed by atoms with Crippen LogP contribution in [0.4, 0.5) is 4.39 Å². The average Bonchev–Trinajstić information content (AvgIpc) is 2.38. The van der Waals surface area contributed by atoms with Crippen LogP contribution >= 0.6 is 0 Å². The third-order valence-corrected chi connectivity index (χ3v) is 2.43. The lowest BCUT2D eigenvalue weighted by Crippen LogP contribution is -2.30. The summed E-state index contributed by atoms with van der Waals surface area (Å²) in [5, 5.41) is 19.3. The van der Waals surface area contributed by atoms with E-state index in [-0.39, 0.29) is 12.2 Å². The molecule has 5 nitrogen and oxygen atoms in total. The number of aliphatic hydroxyl groups excluding tert-OH is 2. The maximum absolute atomic E-state index is 13.7. The van der Waals surface area contributed by atoms with Crippen LogP contribution < -0.4 is 4.74 Å². The number of benzene rings is 1. The molecule has 0 spiro atoms. The summed E-state index contributed by atoms with van der Waals surface area (Å²) in [4.78, 5) is 11.3. The van der Waals surface area contributed by atoms with Gasteiger partial charge in [-0.2, -0.15) is 0 Å². The fourth-order valence-corrected chi connectivity index (χ4v) is 1.53. The minimum Gasteiger partial charge on any atom is -0.494 e. The molecule has 0 aliphatic heterocycles. The van der Waals surface area contributed by atoms with Gasteiger partial charge in [0.15, 0.2) is 6.10 Å². The Kier molecular flexibility index (Phi) is 5.72. The van der Waals surface area contributed by atoms with E-state index in [4.69, 9.17) is 4.74 Å². The van der Waals surface area contributed by atoms with Crippen LogP contribution in [0.2, 0.25) is 0 Å². The third kappa shape index (κ3) is 3.90. The van der Waals surface area contributed by atoms with E-state index in [1.54, 1.807) is 13.8 Å². The number of esters is 1. The number of carbonyl (C=O) groups is 1. The van der Waals surface area contributed by atoms with Crippen LogP contribution in [0, 0.1) is 5.82 Å². The summed E-state index contributed by atoms with van der Waals surface area (Å²) in [7, 11) is 0. The number of aliphatic hydroxyl groups is 2. The highest BCUT2D eigenvalue weighted by molar-refractivity contribution is 5.75. The van der Waals surface area contributed by atoms with Gasteiger partial charge in [0.25, 0.3) is 0 Å². The van der Waals surface area contributed by atoms with Crippen molar-refractivity contribution in [3.05, 3.63) is 29.6 Å². The minimum absolute atomic E-state index is 0.0639. The maximum atomic E-state index is 13.7. The topological polar surface area (TPSA) is 76.0 Å². The molecule has 0 aliphatic rings. The summed E-state index contributed by atoms with van der Waals surface area (Å²) in [6.45, 7) is 3.76. The maximum Gasteiger partial charge on any atom is 0.338 e. The quantitative estimate of drug-likeness (QED) is 0.761. The van der Waals surface area contributed by atoms with Crippen molar-refractivity contribution in [2.24, 2.45) is 0 Å². The number of halogens is 1. The van der Waals surface area contributed by atoms with Crippen molar-refractivity contribution in [3.8, 4) is 5.75 Å². The fraction of sp³-hybridized carbons (Fsp3) is 0.462. The highest BCUT2D eigenvalue weighted by Crippen LogP contribution is 2.24. The van der Waals surface area contributed by atoms with Gasteiger partial charge in [0.05, 0.1) is 13.2 Å². The largest absolute Gasteiger partial charge is 0.494 e. The SMILES string of the molecule is CCOC(=O)C(O)C(O)c1ccc(OCC)cc1F. The summed E-state index contributed by atoms with van der Waals surface area (Å²) in [5.41, 5.74) is -0.191. The zero-order valence-corrected chi connectivity index (χ0v) is 10.8. The molecule has 0 saturated heterocycles. The number of hydrogen-bond acceptors (Lipinski definition) is 5. The standard InChI is InChI=1S/C13H17FO5/c1-3-18-8-5-6-9(10(14)7-8)11(15)12(16)13(17)19-4-2/h5-7,11-12,15-16H,3-4H2,1-2H3. The molecule has 1 rings (SSSR count). The highest BCUT2D eigenvalue weighted by Gasteiger charge is 2.29. The second kappa shape index (κ2) is 7.06. The van der Waals surface area contributed by atoms with Crippen LogP contribution in [0.25, 0.3) is 0 Å². The molecular weight excluding hydrogens is 255 g/mol. The number of rotatable bonds is 6. The van der Waals surface area contributed by atoms with E-state index < -0.39 is 24.0 Å². The number of ether oxygens (including phenoxy) is 2. The van der Waals surface area contributed by atoms with Crippen molar-refractivity contribution in [2.45, 2.75) is 26.1 Å². The van der Waals surface area contributed by atoms with E-state index >= 15 is 0 Å². The predicted molar refractivity (Wildman–Crippen MR) is 65.2 cm³/mol. The predicted octanol–water partition coefficient (Wildman–Crippen LogP) is 1.18. The van der Waals surface area contributed by atoms with Crippen molar-refractivity contribution >= 4 is 5.97 Å². The fourth-order valence-electron chi connectivity index (χ4n) is 1.53. The van der Waals surface area contributed by atoms with E-state index in [1.165, 1.54) is 12.1 Å². The summed E-state index contributed by atoms with van der Waals surface area (Å²) < 4.78 is 23.4. The van der Waals surface area contributed by atoms with E-state index in [9.17, 15) is 19.4 Å². The second-order valence-corrected chi connectivity index (χ2v) is 3.76. The smallest absolute Gasteiger partial charge is 0.338 e. The molecule has 1 aromatic rings. The molecule has 0 saturated carbocycles. The van der Waals surface area contributed by atoms with Crippen LogP contribution in [0.3, 0.4) is 0 Å². The van der Waals surface area contributed by atoms with Crippen molar-refractivity contribution in [2.75, 3.05) is 13.2 Å². The van der Waals surface area contributed by atoms with Crippen molar-refractivity contribution < 1.29 is 28.9 Å². The first kappa shape index (κ1) is 15.4. The van der Waals surface area contributed by atoms with Crippen LogP contribution in [0.5, 0.6) is 5.75 Å². The lowest BCUT2D eigenvalue weighted by molar-refractivity contribution is -0.159. The molecule has 2 N–H and O–H groups in total. The Bertz CT molecular complexity index is 435. The van der Waals surface area contributed by atoms with Crippen molar-refractivity contribution in [3.63, 3.8) is 0 Å². The van der Waals surface area contributed by atoms with Crippen molar-refractivity contribution in [1.29, 1.82) is 0 Å². The monoisotopic (exact) mass is 272 g/mol. The Hall–Kier alpha value is -1.66. The summed E-state index contributed by atoms with van der Waals surface area (Å²) >= 11 is 0. The number of hydrogen-bond donors (Lipinski definition) is 2. The molecule has 1 aromatic carbocycles. The van der Waals surface area contributed by atoms with E-state index in [0.717, 1.165) is 6.07 Å². The van der Waals surface area contributed by atoms with E-state index in [1.807, 2.05) is 0 Å². The average molecular weight is 272 g/mol. The molecular formula is C13H17FO5. The van der Waals surface area contributed by atoms with Crippen LogP contribution in [0.1, 0.15) is 25.5 Å². The van der Waals surface area contributed by atoms with Gasteiger partial charge >= 0.3 is 5.97 Å². The molecule has 0 heterocycles. The van der Waals surface area contributed by atoms with Gasteiger partial charge in [-0.15, -0.1) is 0 Å². The molecule has 106 valence electrons. The molecule has 0 bridgehead atoms. The molecule has 2 unspecified atom stereocenters. The second-order valence-electron chi connectivity index (χ2n) is 3.76. The summed E-state index contributed by atoms with van der Waals surface area (Å²) in [6.07, 6.45) is -3.51. The first-order valence-corrected chi connectivity index (χ1v) is 5.96. The first-order chi connectivity index (χ1) is 9.01. The van der Waals surface area contributed by atoms with Crippen LogP contribution in [0.15, 0.2) is 18.2 Å². The Balaban J connectivity index is 2.87. The summed E-state index contributed by atoms with van der Waals surface area (Å²) in [6, 6.07) is 3.79. The Morgan fingerprint density at radius 3 is 2.53 bits per heavy atom. The number of carbonyl (C=O) groups excluding carboxylic acids is 1. The highest BCUT2D eigenvalue weighted by atomic mass is 19.1. The minimum atomic E-state index is -1.83. The Morgan fingerprint density at radius 1 is 1.32 bits per heavy atom. The molecule has 2 atom stereocenters. The lowest BCUT2D eigenvalue weighted by Gasteiger charge is -2.17. The molecule has 0 fully saturated rings. The van der Waals surface area contributed by atoms with Crippen molar-refractivity contribution in [1.82, 2.24) is 0 Å². The molecule has 19 heavy (non-hydrogen) atoms. The van der Waals surface area contributed by atoms with E-state index in [2.05, 4.69) is 4.74 Å². The molecule has 0 amide bonds. The van der Waals surface area contributed by atoms with Gasteiger partial charge in [-0.05, 0) is 26.0 Å². The third-order valence-electron chi connectivity index (χ3n) is 2.43. The zero-order chi connectivity index (χ0) is 14.4. The molecule has 6 heteroatoms. The van der Waals surface area contributed by atoms with E-state index in [0.29, 0.717) is 12.4 Å². The Labute approximate surface area is 110 Å². The van der Waals surface area contributed by atoms with Gasteiger partial charge in [-0.3, -0.25) is 0 Å². The van der Waals surface area contributed by atoms with Gasteiger partial charge in [0.1, 0.15) is 17.7 Å². The van der Waals surface area contributed by atoms with Crippen LogP contribution in [-0.2, 0) is 9.53 Å². The first-order valence-electron chi connectivity index (χ1n) is 5.96.